The van der Waals surface area contributed by atoms with E-state index in [1.54, 1.807) is 12.1 Å². The first kappa shape index (κ1) is 24.9. The van der Waals surface area contributed by atoms with E-state index in [9.17, 15) is 9.18 Å². The number of nitrogens with zero attached hydrogens (tertiary/aromatic N) is 1. The first-order valence-corrected chi connectivity index (χ1v) is 10.2. The first-order valence-electron chi connectivity index (χ1n) is 10.2. The summed E-state index contributed by atoms with van der Waals surface area (Å²) in [7, 11) is 0. The van der Waals surface area contributed by atoms with Crippen LogP contribution in [0.5, 0.6) is 5.75 Å². The van der Waals surface area contributed by atoms with Crippen LogP contribution >= 0.6 is 24.0 Å². The van der Waals surface area contributed by atoms with Crippen molar-refractivity contribution in [3.8, 4) is 5.75 Å². The fourth-order valence-electron chi connectivity index (χ4n) is 3.49. The van der Waals surface area contributed by atoms with Gasteiger partial charge in [-0.25, -0.2) is 4.39 Å². The van der Waals surface area contributed by atoms with Gasteiger partial charge in [0, 0.05) is 25.1 Å². The fraction of sp³-hybridized carbons (Fsp3) is 0.391. The standard InChI is InChI=1S/C23H29FN4O2.HI/c1-4-25-22(27-14-13-26-21(29)16-9-5-7-11-18(16)24)28-19-15-23(2,3)30-20-12-8-6-10-17(19)20;/h5-12,19H,4,13-15H2,1-3H3,(H,26,29)(H2,25,27,28);1H. The Bertz CT molecular complexity index is 920. The Kier molecular flexibility index (Phi) is 9.09. The maximum absolute atomic E-state index is 13.7. The van der Waals surface area contributed by atoms with Crippen molar-refractivity contribution in [2.75, 3.05) is 19.6 Å². The molecule has 168 valence electrons. The molecule has 1 heterocycles. The number of hydrogen-bond donors (Lipinski definition) is 3. The Labute approximate surface area is 200 Å². The lowest BCUT2D eigenvalue weighted by Gasteiger charge is -2.38. The molecule has 3 N–H and O–H groups in total. The maximum Gasteiger partial charge on any atom is 0.254 e. The van der Waals surface area contributed by atoms with E-state index in [-0.39, 0.29) is 41.2 Å². The molecule has 0 saturated heterocycles. The Morgan fingerprint density at radius 1 is 1.16 bits per heavy atom. The van der Waals surface area contributed by atoms with Crippen molar-refractivity contribution >= 4 is 35.8 Å². The lowest BCUT2D eigenvalue weighted by molar-refractivity contribution is 0.0694. The molecular formula is C23H30FIN4O2. The summed E-state index contributed by atoms with van der Waals surface area (Å²) in [4.78, 5) is 16.7. The molecule has 1 aliphatic heterocycles. The minimum atomic E-state index is -0.533. The van der Waals surface area contributed by atoms with Gasteiger partial charge in [-0.2, -0.15) is 0 Å². The van der Waals surface area contributed by atoms with Gasteiger partial charge < -0.3 is 20.7 Å². The number of carbonyl (C=O) groups excluding carboxylic acids is 1. The van der Waals surface area contributed by atoms with Crippen LogP contribution < -0.4 is 20.7 Å². The molecule has 3 rings (SSSR count). The Balaban J connectivity index is 0.00000341. The molecule has 2 aromatic carbocycles. The summed E-state index contributed by atoms with van der Waals surface area (Å²) in [6.07, 6.45) is 0.790. The number of amides is 1. The molecule has 0 spiro atoms. The fourth-order valence-corrected chi connectivity index (χ4v) is 3.49. The Morgan fingerprint density at radius 3 is 2.61 bits per heavy atom. The summed E-state index contributed by atoms with van der Waals surface area (Å²) in [6, 6.07) is 14.0. The highest BCUT2D eigenvalue weighted by atomic mass is 127. The smallest absolute Gasteiger partial charge is 0.254 e. The number of fused-ring (bicyclic) bond motifs is 1. The van der Waals surface area contributed by atoms with E-state index in [0.29, 0.717) is 25.6 Å². The number of aliphatic imine (C=N–C) groups is 1. The van der Waals surface area contributed by atoms with Gasteiger partial charge in [-0.15, -0.1) is 24.0 Å². The van der Waals surface area contributed by atoms with E-state index >= 15 is 0 Å². The molecule has 0 saturated carbocycles. The molecule has 2 aromatic rings. The SMILES string of the molecule is CCNC(=NCCNC(=O)c1ccccc1F)NC1CC(C)(C)Oc2ccccc21.I. The molecule has 1 unspecified atom stereocenters. The number of hydrogen-bond acceptors (Lipinski definition) is 3. The number of nitrogens with one attached hydrogen (secondary N) is 3. The average molecular weight is 540 g/mol. The second-order valence-electron chi connectivity index (χ2n) is 7.80. The van der Waals surface area contributed by atoms with Gasteiger partial charge in [0.1, 0.15) is 17.2 Å². The van der Waals surface area contributed by atoms with Gasteiger partial charge in [0.2, 0.25) is 0 Å². The zero-order valence-corrected chi connectivity index (χ0v) is 20.4. The number of guanidine groups is 1. The van der Waals surface area contributed by atoms with E-state index in [1.165, 1.54) is 12.1 Å². The second-order valence-corrected chi connectivity index (χ2v) is 7.80. The molecular weight excluding hydrogens is 510 g/mol. The van der Waals surface area contributed by atoms with E-state index in [2.05, 4.69) is 40.9 Å². The van der Waals surface area contributed by atoms with Crippen LogP contribution in [0.25, 0.3) is 0 Å². The van der Waals surface area contributed by atoms with Crippen LogP contribution in [0.3, 0.4) is 0 Å². The molecule has 1 atom stereocenters. The van der Waals surface area contributed by atoms with Crippen LogP contribution in [0.2, 0.25) is 0 Å². The monoisotopic (exact) mass is 540 g/mol. The van der Waals surface area contributed by atoms with Crippen molar-refractivity contribution in [2.45, 2.75) is 38.8 Å². The van der Waals surface area contributed by atoms with Crippen molar-refractivity contribution in [1.82, 2.24) is 16.0 Å². The molecule has 1 aliphatic rings. The van der Waals surface area contributed by atoms with E-state index < -0.39 is 11.7 Å². The molecule has 8 heteroatoms. The number of rotatable bonds is 6. The van der Waals surface area contributed by atoms with Crippen molar-refractivity contribution in [3.05, 3.63) is 65.5 Å². The van der Waals surface area contributed by atoms with Gasteiger partial charge in [-0.3, -0.25) is 9.79 Å². The number of carbonyl (C=O) groups is 1. The summed E-state index contributed by atoms with van der Waals surface area (Å²) in [5.74, 6) is 0.560. The second kappa shape index (κ2) is 11.3. The molecule has 0 bridgehead atoms. The Hall–Kier alpha value is -2.36. The van der Waals surface area contributed by atoms with E-state index in [1.807, 2.05) is 25.1 Å². The van der Waals surface area contributed by atoms with Crippen LogP contribution in [-0.4, -0.2) is 37.1 Å². The molecule has 31 heavy (non-hydrogen) atoms. The molecule has 0 radical (unpaired) electrons. The van der Waals surface area contributed by atoms with Gasteiger partial charge in [-0.05, 0) is 39.0 Å². The van der Waals surface area contributed by atoms with Crippen LogP contribution in [0.4, 0.5) is 4.39 Å². The average Bonchev–Trinajstić information content (AvgIpc) is 2.70. The molecule has 0 aromatic heterocycles. The van der Waals surface area contributed by atoms with E-state index in [4.69, 9.17) is 4.74 Å². The van der Waals surface area contributed by atoms with Crippen molar-refractivity contribution < 1.29 is 13.9 Å². The van der Waals surface area contributed by atoms with Crippen molar-refractivity contribution in [3.63, 3.8) is 0 Å². The third-order valence-electron chi connectivity index (χ3n) is 4.82. The highest BCUT2D eigenvalue weighted by Gasteiger charge is 2.33. The largest absolute Gasteiger partial charge is 0.487 e. The topological polar surface area (TPSA) is 74.8 Å². The summed E-state index contributed by atoms with van der Waals surface area (Å²) in [5.41, 5.74) is 0.833. The van der Waals surface area contributed by atoms with Gasteiger partial charge >= 0.3 is 0 Å². The third-order valence-corrected chi connectivity index (χ3v) is 4.82. The number of halogens is 2. The quantitative estimate of drug-likeness (QED) is 0.224. The van der Waals surface area contributed by atoms with Crippen LogP contribution in [0.15, 0.2) is 53.5 Å². The zero-order valence-electron chi connectivity index (χ0n) is 18.1. The van der Waals surface area contributed by atoms with Gasteiger partial charge in [0.15, 0.2) is 5.96 Å². The minimum Gasteiger partial charge on any atom is -0.487 e. The Morgan fingerprint density at radius 2 is 1.87 bits per heavy atom. The van der Waals surface area contributed by atoms with Crippen LogP contribution in [0.1, 0.15) is 49.2 Å². The zero-order chi connectivity index (χ0) is 21.6. The van der Waals surface area contributed by atoms with Crippen LogP contribution in [0, 0.1) is 5.82 Å². The third kappa shape index (κ3) is 6.81. The number of ether oxygens (including phenoxy) is 1. The van der Waals surface area contributed by atoms with Gasteiger partial charge in [-0.1, -0.05) is 30.3 Å². The lowest BCUT2D eigenvalue weighted by atomic mass is 9.90. The van der Waals surface area contributed by atoms with E-state index in [0.717, 1.165) is 17.7 Å². The molecule has 0 aliphatic carbocycles. The predicted octanol–water partition coefficient (Wildman–Crippen LogP) is 4.03. The van der Waals surface area contributed by atoms with Crippen LogP contribution in [-0.2, 0) is 0 Å². The highest BCUT2D eigenvalue weighted by Crippen LogP contribution is 2.39. The summed E-state index contributed by atoms with van der Waals surface area (Å²) in [6.45, 7) is 7.52. The summed E-state index contributed by atoms with van der Waals surface area (Å²) < 4.78 is 19.8. The predicted molar refractivity (Wildman–Crippen MR) is 132 cm³/mol. The van der Waals surface area contributed by atoms with Crippen molar-refractivity contribution in [1.29, 1.82) is 0 Å². The van der Waals surface area contributed by atoms with Gasteiger partial charge in [0.05, 0.1) is 18.2 Å². The van der Waals surface area contributed by atoms with Crippen molar-refractivity contribution in [2.24, 2.45) is 4.99 Å². The summed E-state index contributed by atoms with van der Waals surface area (Å²) in [5, 5.41) is 9.43. The number of para-hydroxylation sites is 1. The number of benzene rings is 2. The highest BCUT2D eigenvalue weighted by molar-refractivity contribution is 14.0. The normalized spacial score (nSPS) is 16.9. The first-order chi connectivity index (χ1) is 14.4. The summed E-state index contributed by atoms with van der Waals surface area (Å²) >= 11 is 0. The molecule has 0 fully saturated rings. The maximum atomic E-state index is 13.7. The molecule has 1 amide bonds. The molecule has 6 nitrogen and oxygen atoms in total. The van der Waals surface area contributed by atoms with Gasteiger partial charge in [0.25, 0.3) is 5.91 Å². The lowest BCUT2D eigenvalue weighted by Crippen LogP contribution is -2.45. The minimum absolute atomic E-state index is 0.